The molecule has 0 spiro atoms. The third-order valence-corrected chi connectivity index (χ3v) is 17.6. The van der Waals surface area contributed by atoms with E-state index in [1.165, 1.54) is 36.8 Å². The van der Waals surface area contributed by atoms with Gasteiger partial charge < -0.3 is 46.9 Å². The number of amides is 6. The highest BCUT2D eigenvalue weighted by Gasteiger charge is 2.33. The summed E-state index contributed by atoms with van der Waals surface area (Å²) in [7, 11) is 2.92. The second-order valence-corrected chi connectivity index (χ2v) is 23.6. The van der Waals surface area contributed by atoms with Crippen LogP contribution >= 0.6 is 68.0 Å². The smallest absolute Gasteiger partial charge is 0.328 e. The number of carbonyl (C=O) groups excluding carboxylic acids is 6. The van der Waals surface area contributed by atoms with Crippen molar-refractivity contribution in [3.63, 3.8) is 0 Å². The fourth-order valence-electron chi connectivity index (χ4n) is 7.96. The Morgan fingerprint density at radius 2 is 1.43 bits per heavy atom. The van der Waals surface area contributed by atoms with E-state index in [0.717, 1.165) is 51.4 Å². The number of hydrogen-bond acceptors (Lipinski definition) is 22. The highest BCUT2D eigenvalue weighted by molar-refractivity contribution is 7.15. The first kappa shape index (κ1) is 56.8. The number of aliphatic hydroxyl groups excluding tert-OH is 1. The summed E-state index contributed by atoms with van der Waals surface area (Å²) in [5, 5.41) is 46.2. The molecule has 4 atom stereocenters. The Hall–Kier alpha value is -7.90. The van der Waals surface area contributed by atoms with E-state index in [9.17, 15) is 38.7 Å². The Morgan fingerprint density at radius 3 is 2.17 bits per heavy atom. The van der Waals surface area contributed by atoms with Crippen molar-refractivity contribution in [1.29, 1.82) is 0 Å². The number of benzene rings is 1. The van der Waals surface area contributed by atoms with Gasteiger partial charge in [-0.3, -0.25) is 28.8 Å². The zero-order valence-corrected chi connectivity index (χ0v) is 47.7. The lowest BCUT2D eigenvalue weighted by molar-refractivity contribution is -0.131. The lowest BCUT2D eigenvalue weighted by Crippen LogP contribution is -2.40. The van der Waals surface area contributed by atoms with Crippen molar-refractivity contribution in [1.82, 2.24) is 61.5 Å². The van der Waals surface area contributed by atoms with Crippen LogP contribution in [-0.2, 0) is 30.5 Å². The molecule has 0 unspecified atom stereocenters. The highest BCUT2D eigenvalue weighted by Crippen LogP contribution is 2.40. The molecule has 7 aromatic heterocycles. The number of anilines is 1. The van der Waals surface area contributed by atoms with E-state index in [4.69, 9.17) is 29.8 Å². The summed E-state index contributed by atoms with van der Waals surface area (Å²) in [4.78, 5) is 127. The molecule has 10 bridgehead atoms. The normalized spacial score (nSPS) is 16.6. The van der Waals surface area contributed by atoms with E-state index in [-0.39, 0.29) is 46.9 Å². The van der Waals surface area contributed by atoms with Crippen molar-refractivity contribution in [2.45, 2.75) is 58.0 Å². The number of aromatic nitrogens is 7. The van der Waals surface area contributed by atoms with Crippen LogP contribution in [0.5, 0.6) is 0 Å². The van der Waals surface area contributed by atoms with Crippen LogP contribution < -0.4 is 31.9 Å². The predicted octanol–water partition coefficient (Wildman–Crippen LogP) is 6.89. The van der Waals surface area contributed by atoms with Crippen molar-refractivity contribution >= 4 is 115 Å². The molecule has 29 heteroatoms. The molecule has 1 aliphatic heterocycles. The molecule has 80 heavy (non-hydrogen) atoms. The molecule has 9 rings (SSSR count). The quantitative estimate of drug-likeness (QED) is 0.0611. The highest BCUT2D eigenvalue weighted by atomic mass is 32.1. The standard InChI is InChI=1S/C51H47N13O10S6/c1-22(2)37-51-64-40(31(80-51)17-74-5)44(72)53-16-35(67)61-41(42(70)24-9-7-6-8-10-24)50-58-30(20-77-50)48-56-28(18-76-48)39-25(11-12-26(54-39)47-60-32(21-78-47)59-33(65)13-14-36(68)69)46-57-29(19-75-46)43(71)55-27(15-34(66)52-4)49-63-38(23(3)79-49)45(73)62-37/h6-14,18-22,27,37,41-42,70H,15-17H2,1-5H3,(H,52,66)(H,53,72)(H,55,71)(H,59,65)(H,61,67)(H,62,73)(H,68,69)/b14-13-/t27-,37+,41-,42-/m0/s1. The molecule has 0 saturated heterocycles. The average Bonchev–Trinajstić information content (AvgIpc) is 4.33. The molecule has 1 aliphatic rings. The second-order valence-electron chi connectivity index (χ2n) is 17.8. The number of nitrogens with one attached hydrogen (secondary N) is 6. The first-order valence-electron chi connectivity index (χ1n) is 24.1. The van der Waals surface area contributed by atoms with Gasteiger partial charge in [-0.1, -0.05) is 44.2 Å². The number of aliphatic carboxylic acids is 1. The van der Waals surface area contributed by atoms with Crippen LogP contribution in [0.2, 0.25) is 0 Å². The van der Waals surface area contributed by atoms with Crippen LogP contribution in [0.15, 0.2) is 76.1 Å². The molecule has 0 aliphatic carbocycles. The van der Waals surface area contributed by atoms with Gasteiger partial charge in [0.05, 0.1) is 42.2 Å². The van der Waals surface area contributed by atoms with Gasteiger partial charge in [0.25, 0.3) is 17.7 Å². The number of carbonyl (C=O) groups is 7. The van der Waals surface area contributed by atoms with E-state index in [1.54, 1.807) is 70.9 Å². The number of aryl methyl sites for hydroxylation is 1. The monoisotopic (exact) mass is 1190 g/mol. The average molecular weight is 1190 g/mol. The molecule has 1 aromatic carbocycles. The number of ether oxygens (including phenoxy) is 1. The second kappa shape index (κ2) is 25.0. The minimum atomic E-state index is -1.29. The maximum absolute atomic E-state index is 14.2. The summed E-state index contributed by atoms with van der Waals surface area (Å²) in [5.74, 6) is -5.03. The van der Waals surface area contributed by atoms with Gasteiger partial charge in [-0.2, -0.15) is 0 Å². The van der Waals surface area contributed by atoms with E-state index >= 15 is 0 Å². The summed E-state index contributed by atoms with van der Waals surface area (Å²) in [5.41, 5.74) is 2.49. The molecule has 0 fully saturated rings. The number of hydrogen-bond donors (Lipinski definition) is 8. The molecule has 8 heterocycles. The maximum atomic E-state index is 14.2. The number of thiazole rings is 6. The summed E-state index contributed by atoms with van der Waals surface area (Å²) in [6.07, 6.45) is 0.0519. The Kier molecular flexibility index (Phi) is 17.8. The molecular weight excluding hydrogens is 1150 g/mol. The summed E-state index contributed by atoms with van der Waals surface area (Å²) >= 11 is 7.02. The molecule has 412 valence electrons. The molecular formula is C51H47N13O10S6. The molecule has 8 N–H and O–H groups in total. The van der Waals surface area contributed by atoms with Crippen molar-refractivity contribution in [3.8, 4) is 43.4 Å². The molecule has 8 aromatic rings. The topological polar surface area (TPSA) is 332 Å². The minimum absolute atomic E-state index is 0.00340. The summed E-state index contributed by atoms with van der Waals surface area (Å²) in [6.45, 7) is 4.92. The summed E-state index contributed by atoms with van der Waals surface area (Å²) < 4.78 is 5.43. The van der Waals surface area contributed by atoms with Gasteiger partial charge in [0.15, 0.2) is 0 Å². The van der Waals surface area contributed by atoms with Crippen molar-refractivity contribution in [2.24, 2.45) is 5.92 Å². The van der Waals surface area contributed by atoms with Crippen LogP contribution in [0.1, 0.15) is 106 Å². The molecule has 23 nitrogen and oxygen atoms in total. The molecule has 0 saturated carbocycles. The largest absolute Gasteiger partial charge is 0.478 e. The first-order chi connectivity index (χ1) is 38.5. The number of aliphatic hydroxyl groups is 1. The Labute approximate surface area is 479 Å². The van der Waals surface area contributed by atoms with Gasteiger partial charge in [0.1, 0.15) is 82.2 Å². The maximum Gasteiger partial charge on any atom is 0.328 e. The van der Waals surface area contributed by atoms with Crippen LogP contribution in [-0.4, -0.2) is 107 Å². The van der Waals surface area contributed by atoms with Gasteiger partial charge in [0, 0.05) is 58.3 Å². The molecule has 0 radical (unpaired) electrons. The minimum Gasteiger partial charge on any atom is -0.478 e. The van der Waals surface area contributed by atoms with Crippen molar-refractivity contribution < 1.29 is 48.5 Å². The number of carboxylic acids is 1. The van der Waals surface area contributed by atoms with Gasteiger partial charge in [0.2, 0.25) is 17.7 Å². The summed E-state index contributed by atoms with van der Waals surface area (Å²) in [6, 6.07) is 9.32. The number of carboxylic acid groups (broad SMARTS) is 1. The Morgan fingerprint density at radius 1 is 0.713 bits per heavy atom. The van der Waals surface area contributed by atoms with E-state index < -0.39 is 72.2 Å². The van der Waals surface area contributed by atoms with Gasteiger partial charge in [-0.05, 0) is 30.5 Å². The molecule has 6 amide bonds. The number of rotatable bonds is 11. The lowest BCUT2D eigenvalue weighted by Gasteiger charge is -2.23. The number of pyridine rings is 1. The third-order valence-electron chi connectivity index (χ3n) is 11.9. The zero-order valence-electron chi connectivity index (χ0n) is 42.8. The van der Waals surface area contributed by atoms with Crippen LogP contribution in [0.4, 0.5) is 5.82 Å². The zero-order chi connectivity index (χ0) is 56.8. The van der Waals surface area contributed by atoms with Crippen molar-refractivity contribution in [3.05, 3.63) is 124 Å². The van der Waals surface area contributed by atoms with E-state index in [2.05, 4.69) is 46.9 Å². The number of nitrogens with zero attached hydrogens (tertiary/aromatic N) is 7. The van der Waals surface area contributed by atoms with Crippen LogP contribution in [0.25, 0.3) is 43.4 Å². The lowest BCUT2D eigenvalue weighted by atomic mass is 10.0. The van der Waals surface area contributed by atoms with Gasteiger partial charge >= 0.3 is 5.97 Å². The number of fused-ring (bicyclic) bond motifs is 14. The SMILES string of the molecule is CNC(=O)C[C@@H]1NC(=O)c2csc(n2)-c2ccc(-c3nc(NC(=O)/C=C\C(=O)O)cs3)nc2-c2csc(n2)-c2csc(n2)[C@H]([C@@H](O)c2ccccc2)NC(=O)CNC(=O)c2nc(sc2COC)[C@@H](C(C)C)NC(=O)c2nc1sc2C. The van der Waals surface area contributed by atoms with Gasteiger partial charge in [-0.25, -0.2) is 39.7 Å². The van der Waals surface area contributed by atoms with Crippen LogP contribution in [0.3, 0.4) is 0 Å². The van der Waals surface area contributed by atoms with E-state index in [1.807, 2.05) is 13.8 Å². The fraction of sp³-hybridized carbons (Fsp3) is 0.255. The van der Waals surface area contributed by atoms with E-state index in [0.29, 0.717) is 74.8 Å². The van der Waals surface area contributed by atoms with Crippen molar-refractivity contribution in [2.75, 3.05) is 26.0 Å². The fourth-order valence-corrected chi connectivity index (χ4v) is 13.5. The number of methoxy groups -OCH3 is 1. The predicted molar refractivity (Wildman–Crippen MR) is 302 cm³/mol. The third kappa shape index (κ3) is 13.1. The first-order valence-corrected chi connectivity index (χ1v) is 29.3. The van der Waals surface area contributed by atoms with Gasteiger partial charge in [-0.15, -0.1) is 68.0 Å². The Bertz CT molecular complexity index is 3680. The van der Waals surface area contributed by atoms with Crippen LogP contribution in [0, 0.1) is 12.8 Å². The Balaban J connectivity index is 1.13.